The molecule has 0 aliphatic carbocycles. The number of halogens is 1. The average molecular weight is 327 g/mol. The van der Waals surface area contributed by atoms with Crippen molar-refractivity contribution in [2.45, 2.75) is 32.4 Å². The zero-order chi connectivity index (χ0) is 14.0. The lowest BCUT2D eigenvalue weighted by Crippen LogP contribution is -2.46. The maximum atomic E-state index is 9.75. The molecule has 0 aromatic heterocycles. The molecular formula is C15H23BrN2O. The van der Waals surface area contributed by atoms with E-state index < -0.39 is 0 Å². The van der Waals surface area contributed by atoms with Crippen LogP contribution in [-0.4, -0.2) is 48.8 Å². The van der Waals surface area contributed by atoms with Crippen molar-refractivity contribution in [3.8, 4) is 0 Å². The number of hydrogen-bond donors (Lipinski definition) is 1. The van der Waals surface area contributed by atoms with E-state index in [0.29, 0.717) is 6.04 Å². The summed E-state index contributed by atoms with van der Waals surface area (Å²) in [5, 5.41) is 9.75. The number of benzene rings is 1. The third-order valence-corrected chi connectivity index (χ3v) is 4.55. The van der Waals surface area contributed by atoms with Crippen molar-refractivity contribution in [2.24, 2.45) is 0 Å². The topological polar surface area (TPSA) is 26.7 Å². The van der Waals surface area contributed by atoms with Crippen LogP contribution in [0.3, 0.4) is 0 Å². The number of aryl methyl sites for hydroxylation is 1. The Morgan fingerprint density at radius 3 is 2.79 bits per heavy atom. The SMILES string of the molecule is Cc1ccc(N2C(C)CCN(C)CC2CO)c(Br)c1. The highest BCUT2D eigenvalue weighted by Gasteiger charge is 2.29. The molecule has 1 fully saturated rings. The molecule has 1 heterocycles. The molecule has 2 unspecified atom stereocenters. The standard InChI is InChI=1S/C15H23BrN2O/c1-11-4-5-15(14(16)8-11)18-12(2)6-7-17(3)9-13(18)10-19/h4-5,8,12-13,19H,6-7,9-10H2,1-3H3. The van der Waals surface area contributed by atoms with Gasteiger partial charge in [0.25, 0.3) is 0 Å². The van der Waals surface area contributed by atoms with E-state index in [0.717, 1.165) is 24.0 Å². The van der Waals surface area contributed by atoms with Crippen LogP contribution in [0.2, 0.25) is 0 Å². The second-order valence-electron chi connectivity index (χ2n) is 5.60. The summed E-state index contributed by atoms with van der Waals surface area (Å²) in [6.07, 6.45) is 1.12. The smallest absolute Gasteiger partial charge is 0.0651 e. The summed E-state index contributed by atoms with van der Waals surface area (Å²) in [5.41, 5.74) is 2.43. The maximum Gasteiger partial charge on any atom is 0.0651 e. The second kappa shape index (κ2) is 6.25. The fourth-order valence-corrected chi connectivity index (χ4v) is 3.54. The Morgan fingerprint density at radius 1 is 1.42 bits per heavy atom. The van der Waals surface area contributed by atoms with Crippen LogP contribution >= 0.6 is 15.9 Å². The van der Waals surface area contributed by atoms with Crippen molar-refractivity contribution >= 4 is 21.6 Å². The first kappa shape index (κ1) is 14.8. The van der Waals surface area contributed by atoms with Crippen molar-refractivity contribution in [2.75, 3.05) is 31.6 Å². The Balaban J connectivity index is 2.37. The van der Waals surface area contributed by atoms with Crippen molar-refractivity contribution in [1.82, 2.24) is 4.90 Å². The summed E-state index contributed by atoms with van der Waals surface area (Å²) in [6.45, 7) is 6.51. The van der Waals surface area contributed by atoms with Gasteiger partial charge in [0.05, 0.1) is 18.3 Å². The van der Waals surface area contributed by atoms with Gasteiger partial charge in [-0.25, -0.2) is 0 Å². The number of likely N-dealkylation sites (N-methyl/N-ethyl adjacent to an activating group) is 1. The highest BCUT2D eigenvalue weighted by atomic mass is 79.9. The third-order valence-electron chi connectivity index (χ3n) is 3.91. The Bertz CT molecular complexity index is 438. The van der Waals surface area contributed by atoms with E-state index in [1.165, 1.54) is 11.3 Å². The molecule has 1 aliphatic heterocycles. The minimum absolute atomic E-state index is 0.154. The molecular weight excluding hydrogens is 304 g/mol. The molecule has 0 amide bonds. The molecule has 19 heavy (non-hydrogen) atoms. The summed E-state index contributed by atoms with van der Waals surface area (Å²) in [5.74, 6) is 0. The highest BCUT2D eigenvalue weighted by Crippen LogP contribution is 2.32. The van der Waals surface area contributed by atoms with Gasteiger partial charge in [0.1, 0.15) is 0 Å². The summed E-state index contributed by atoms with van der Waals surface area (Å²) in [7, 11) is 2.13. The number of anilines is 1. The van der Waals surface area contributed by atoms with Crippen LogP contribution in [0.5, 0.6) is 0 Å². The van der Waals surface area contributed by atoms with Gasteiger partial charge < -0.3 is 14.9 Å². The van der Waals surface area contributed by atoms with Crippen molar-refractivity contribution in [1.29, 1.82) is 0 Å². The molecule has 3 nitrogen and oxygen atoms in total. The van der Waals surface area contributed by atoms with Gasteiger partial charge in [0, 0.05) is 17.1 Å². The van der Waals surface area contributed by atoms with Gasteiger partial charge in [-0.2, -0.15) is 0 Å². The first-order valence-corrected chi connectivity index (χ1v) is 7.66. The van der Waals surface area contributed by atoms with Gasteiger partial charge in [-0.1, -0.05) is 6.07 Å². The largest absolute Gasteiger partial charge is 0.394 e. The van der Waals surface area contributed by atoms with Gasteiger partial charge in [-0.05, 0) is 67.5 Å². The molecule has 0 bridgehead atoms. The quantitative estimate of drug-likeness (QED) is 0.905. The summed E-state index contributed by atoms with van der Waals surface area (Å²) >= 11 is 3.67. The molecule has 2 rings (SSSR count). The fraction of sp³-hybridized carbons (Fsp3) is 0.600. The van der Waals surface area contributed by atoms with Crippen LogP contribution < -0.4 is 4.90 Å². The minimum Gasteiger partial charge on any atom is -0.394 e. The zero-order valence-corrected chi connectivity index (χ0v) is 13.5. The molecule has 106 valence electrons. The molecule has 0 spiro atoms. The van der Waals surface area contributed by atoms with Crippen LogP contribution in [0.1, 0.15) is 18.9 Å². The van der Waals surface area contributed by atoms with Gasteiger partial charge in [-0.15, -0.1) is 0 Å². The Hall–Kier alpha value is -0.580. The lowest BCUT2D eigenvalue weighted by molar-refractivity contribution is 0.228. The van der Waals surface area contributed by atoms with E-state index in [1.807, 2.05) is 0 Å². The van der Waals surface area contributed by atoms with Crippen molar-refractivity contribution in [3.05, 3.63) is 28.2 Å². The monoisotopic (exact) mass is 326 g/mol. The number of hydrogen-bond acceptors (Lipinski definition) is 3. The normalized spacial score (nSPS) is 25.4. The predicted octanol–water partition coefficient (Wildman–Crippen LogP) is 2.65. The minimum atomic E-state index is 0.154. The summed E-state index contributed by atoms with van der Waals surface area (Å²) in [4.78, 5) is 4.67. The van der Waals surface area contributed by atoms with E-state index in [2.05, 4.69) is 64.8 Å². The average Bonchev–Trinajstić information content (AvgIpc) is 2.50. The summed E-state index contributed by atoms with van der Waals surface area (Å²) < 4.78 is 1.11. The predicted molar refractivity (Wildman–Crippen MR) is 83.8 cm³/mol. The molecule has 1 N–H and O–H groups in total. The van der Waals surface area contributed by atoms with Gasteiger partial charge in [0.15, 0.2) is 0 Å². The van der Waals surface area contributed by atoms with E-state index in [1.54, 1.807) is 0 Å². The molecule has 1 aliphatic rings. The number of nitrogens with zero attached hydrogens (tertiary/aromatic N) is 2. The first-order valence-electron chi connectivity index (χ1n) is 6.87. The molecule has 1 saturated heterocycles. The van der Waals surface area contributed by atoms with E-state index in [9.17, 15) is 5.11 Å². The second-order valence-corrected chi connectivity index (χ2v) is 6.45. The van der Waals surface area contributed by atoms with Crippen LogP contribution in [-0.2, 0) is 0 Å². The first-order chi connectivity index (χ1) is 9.02. The van der Waals surface area contributed by atoms with E-state index in [-0.39, 0.29) is 12.6 Å². The molecule has 4 heteroatoms. The van der Waals surface area contributed by atoms with Crippen LogP contribution in [0.4, 0.5) is 5.69 Å². The Morgan fingerprint density at radius 2 is 2.16 bits per heavy atom. The van der Waals surface area contributed by atoms with Crippen LogP contribution in [0, 0.1) is 6.92 Å². The lowest BCUT2D eigenvalue weighted by atomic mass is 10.1. The van der Waals surface area contributed by atoms with Gasteiger partial charge >= 0.3 is 0 Å². The zero-order valence-electron chi connectivity index (χ0n) is 11.9. The molecule has 2 atom stereocenters. The van der Waals surface area contributed by atoms with Crippen LogP contribution in [0.25, 0.3) is 0 Å². The van der Waals surface area contributed by atoms with Gasteiger partial charge in [-0.3, -0.25) is 0 Å². The van der Waals surface area contributed by atoms with Crippen molar-refractivity contribution < 1.29 is 5.11 Å². The number of aliphatic hydroxyl groups is 1. The maximum absolute atomic E-state index is 9.75. The fourth-order valence-electron chi connectivity index (χ4n) is 2.85. The van der Waals surface area contributed by atoms with E-state index >= 15 is 0 Å². The molecule has 0 radical (unpaired) electrons. The van der Waals surface area contributed by atoms with E-state index in [4.69, 9.17) is 0 Å². The Kier molecular flexibility index (Phi) is 4.87. The molecule has 1 aromatic rings. The summed E-state index contributed by atoms with van der Waals surface area (Å²) in [6, 6.07) is 7.02. The number of aliphatic hydroxyl groups excluding tert-OH is 1. The third kappa shape index (κ3) is 3.30. The molecule has 0 saturated carbocycles. The van der Waals surface area contributed by atoms with Crippen LogP contribution in [0.15, 0.2) is 22.7 Å². The van der Waals surface area contributed by atoms with Gasteiger partial charge in [0.2, 0.25) is 0 Å². The number of rotatable bonds is 2. The lowest BCUT2D eigenvalue weighted by Gasteiger charge is -2.36. The highest BCUT2D eigenvalue weighted by molar-refractivity contribution is 9.10. The van der Waals surface area contributed by atoms with Crippen molar-refractivity contribution in [3.63, 3.8) is 0 Å². The molecule has 1 aromatic carbocycles. The Labute approximate surface area is 124 Å².